The third-order valence-electron chi connectivity index (χ3n) is 3.58. The molecule has 0 saturated carbocycles. The first-order chi connectivity index (χ1) is 10.5. The van der Waals surface area contributed by atoms with Gasteiger partial charge in [-0.1, -0.05) is 0 Å². The molecule has 0 aromatic heterocycles. The summed E-state index contributed by atoms with van der Waals surface area (Å²) in [5.74, 6) is -12.3. The number of carbonyl (C=O) groups is 1. The number of hydrogen-bond acceptors (Lipinski definition) is 3. The van der Waals surface area contributed by atoms with Gasteiger partial charge in [0.05, 0.1) is 23.5 Å². The molecule has 0 unspecified atom stereocenters. The smallest absolute Gasteiger partial charge is 0.225 e. The van der Waals surface area contributed by atoms with Crippen molar-refractivity contribution >= 4 is 15.7 Å². The zero-order chi connectivity index (χ0) is 17.6. The summed E-state index contributed by atoms with van der Waals surface area (Å²) in [6, 6.07) is 0. The first-order valence-corrected chi connectivity index (χ1v) is 8.30. The van der Waals surface area contributed by atoms with Crippen LogP contribution < -0.4 is 5.32 Å². The largest absolute Gasteiger partial charge is 0.350 e. The average molecular weight is 357 g/mol. The van der Waals surface area contributed by atoms with E-state index >= 15 is 0 Å². The van der Waals surface area contributed by atoms with Crippen LogP contribution in [-0.2, 0) is 21.1 Å². The maximum Gasteiger partial charge on any atom is 0.225 e. The Bertz CT molecular complexity index is 751. The van der Waals surface area contributed by atoms with Gasteiger partial charge in [0.25, 0.3) is 0 Å². The van der Waals surface area contributed by atoms with Crippen molar-refractivity contribution in [2.45, 2.75) is 25.3 Å². The van der Waals surface area contributed by atoms with Crippen LogP contribution in [0.25, 0.3) is 0 Å². The van der Waals surface area contributed by atoms with Gasteiger partial charge in [0.2, 0.25) is 11.7 Å². The SMILES string of the molecule is C[C@]1(NC(=O)Cc2c(F)c(F)c(F)c(F)c2F)CCS(=O)(=O)C1. The number of carbonyl (C=O) groups excluding carboxylic acids is 1. The summed E-state index contributed by atoms with van der Waals surface area (Å²) >= 11 is 0. The summed E-state index contributed by atoms with van der Waals surface area (Å²) in [4.78, 5) is 11.8. The molecular weight excluding hydrogens is 345 g/mol. The molecule has 1 aliphatic heterocycles. The number of halogens is 5. The molecule has 1 fully saturated rings. The minimum atomic E-state index is -3.34. The second kappa shape index (κ2) is 5.73. The Kier molecular flexibility index (Phi) is 4.40. The topological polar surface area (TPSA) is 63.2 Å². The molecule has 0 spiro atoms. The molecule has 128 valence electrons. The summed E-state index contributed by atoms with van der Waals surface area (Å²) in [6.07, 6.45) is -1.00. The van der Waals surface area contributed by atoms with Gasteiger partial charge in [-0.2, -0.15) is 0 Å². The molecule has 1 aliphatic rings. The van der Waals surface area contributed by atoms with Gasteiger partial charge >= 0.3 is 0 Å². The van der Waals surface area contributed by atoms with Crippen molar-refractivity contribution in [3.63, 3.8) is 0 Å². The second-order valence-electron chi connectivity index (χ2n) is 5.68. The van der Waals surface area contributed by atoms with Gasteiger partial charge in [0, 0.05) is 5.56 Å². The Labute approximate surface area is 128 Å². The minimum Gasteiger partial charge on any atom is -0.350 e. The first-order valence-electron chi connectivity index (χ1n) is 6.47. The van der Waals surface area contributed by atoms with Crippen molar-refractivity contribution in [3.05, 3.63) is 34.6 Å². The van der Waals surface area contributed by atoms with Gasteiger partial charge in [0.15, 0.2) is 33.1 Å². The van der Waals surface area contributed by atoms with E-state index in [0.29, 0.717) is 0 Å². The van der Waals surface area contributed by atoms with Crippen LogP contribution in [0.3, 0.4) is 0 Å². The van der Waals surface area contributed by atoms with Gasteiger partial charge in [-0.15, -0.1) is 0 Å². The maximum atomic E-state index is 13.5. The fourth-order valence-electron chi connectivity index (χ4n) is 2.46. The third kappa shape index (κ3) is 3.46. The van der Waals surface area contributed by atoms with E-state index in [1.54, 1.807) is 0 Å². The zero-order valence-electron chi connectivity index (χ0n) is 11.9. The molecule has 10 heteroatoms. The standard InChI is InChI=1S/C13H12F5NO3S/c1-13(2-3-23(21,22)5-13)19-7(20)4-6-8(14)10(16)12(18)11(17)9(6)15/h2-5H2,1H3,(H,19,20)/t13-/m0/s1. The summed E-state index contributed by atoms with van der Waals surface area (Å²) in [5, 5.41) is 2.28. The van der Waals surface area contributed by atoms with Crippen molar-refractivity contribution in [2.24, 2.45) is 0 Å². The van der Waals surface area contributed by atoms with E-state index < -0.39 is 62.4 Å². The number of benzene rings is 1. The van der Waals surface area contributed by atoms with Crippen LogP contribution in [0, 0.1) is 29.1 Å². The Morgan fingerprint density at radius 2 is 1.52 bits per heavy atom. The molecule has 23 heavy (non-hydrogen) atoms. The highest BCUT2D eigenvalue weighted by Crippen LogP contribution is 2.25. The third-order valence-corrected chi connectivity index (χ3v) is 5.49. The maximum absolute atomic E-state index is 13.5. The Morgan fingerprint density at radius 3 is 1.96 bits per heavy atom. The quantitative estimate of drug-likeness (QED) is 0.508. The zero-order valence-corrected chi connectivity index (χ0v) is 12.7. The van der Waals surface area contributed by atoms with E-state index in [-0.39, 0.29) is 17.9 Å². The van der Waals surface area contributed by atoms with Gasteiger partial charge in [-0.25, -0.2) is 30.4 Å². The number of sulfone groups is 1. The minimum absolute atomic E-state index is 0.0954. The van der Waals surface area contributed by atoms with Crippen LogP contribution in [0.5, 0.6) is 0 Å². The fourth-order valence-corrected chi connectivity index (χ4v) is 4.55. The van der Waals surface area contributed by atoms with Crippen LogP contribution in [0.1, 0.15) is 18.9 Å². The highest BCUT2D eigenvalue weighted by Gasteiger charge is 2.39. The number of rotatable bonds is 3. The van der Waals surface area contributed by atoms with Crippen molar-refractivity contribution in [3.8, 4) is 0 Å². The van der Waals surface area contributed by atoms with Gasteiger partial charge < -0.3 is 5.32 Å². The predicted molar refractivity (Wildman–Crippen MR) is 69.8 cm³/mol. The van der Waals surface area contributed by atoms with E-state index in [1.807, 2.05) is 0 Å². The molecule has 1 aromatic carbocycles. The van der Waals surface area contributed by atoms with Crippen LogP contribution in [0.2, 0.25) is 0 Å². The number of hydrogen-bond donors (Lipinski definition) is 1. The number of amides is 1. The van der Waals surface area contributed by atoms with E-state index in [0.717, 1.165) is 0 Å². The molecule has 0 bridgehead atoms. The monoisotopic (exact) mass is 357 g/mol. The lowest BCUT2D eigenvalue weighted by atomic mass is 10.0. The molecule has 1 aromatic rings. The molecule has 0 radical (unpaired) electrons. The normalized spacial score (nSPS) is 23.0. The molecule has 1 N–H and O–H groups in total. The highest BCUT2D eigenvalue weighted by atomic mass is 32.2. The lowest BCUT2D eigenvalue weighted by Crippen LogP contribution is -2.47. The van der Waals surface area contributed by atoms with E-state index in [9.17, 15) is 35.2 Å². The lowest BCUT2D eigenvalue weighted by molar-refractivity contribution is -0.122. The summed E-state index contributed by atoms with van der Waals surface area (Å²) < 4.78 is 88.9. The molecule has 1 heterocycles. The van der Waals surface area contributed by atoms with Crippen molar-refractivity contribution in [1.29, 1.82) is 0 Å². The summed E-state index contributed by atoms with van der Waals surface area (Å²) in [6.45, 7) is 1.42. The summed E-state index contributed by atoms with van der Waals surface area (Å²) in [7, 11) is -3.34. The average Bonchev–Trinajstić information content (AvgIpc) is 2.72. The predicted octanol–water partition coefficient (Wildman–Crippen LogP) is 1.62. The Hall–Kier alpha value is -1.71. The van der Waals surface area contributed by atoms with Crippen LogP contribution in [0.15, 0.2) is 0 Å². The molecular formula is C13H12F5NO3S. The molecule has 1 amide bonds. The molecule has 1 atom stereocenters. The lowest BCUT2D eigenvalue weighted by Gasteiger charge is -2.24. The van der Waals surface area contributed by atoms with E-state index in [1.165, 1.54) is 6.92 Å². The highest BCUT2D eigenvalue weighted by molar-refractivity contribution is 7.91. The fraction of sp³-hybridized carbons (Fsp3) is 0.462. The van der Waals surface area contributed by atoms with Crippen molar-refractivity contribution < 1.29 is 35.2 Å². The Morgan fingerprint density at radius 1 is 1.04 bits per heavy atom. The van der Waals surface area contributed by atoms with E-state index in [2.05, 4.69) is 5.32 Å². The van der Waals surface area contributed by atoms with Crippen molar-refractivity contribution in [1.82, 2.24) is 5.32 Å². The van der Waals surface area contributed by atoms with Crippen LogP contribution in [-0.4, -0.2) is 31.4 Å². The molecule has 2 rings (SSSR count). The van der Waals surface area contributed by atoms with Crippen LogP contribution in [0.4, 0.5) is 22.0 Å². The van der Waals surface area contributed by atoms with E-state index in [4.69, 9.17) is 0 Å². The first kappa shape index (κ1) is 17.6. The Balaban J connectivity index is 2.22. The summed E-state index contributed by atoms with van der Waals surface area (Å²) in [5.41, 5.74) is -2.40. The van der Waals surface area contributed by atoms with Gasteiger partial charge in [-0.3, -0.25) is 4.79 Å². The van der Waals surface area contributed by atoms with Gasteiger partial charge in [-0.05, 0) is 13.3 Å². The molecule has 4 nitrogen and oxygen atoms in total. The molecule has 1 saturated heterocycles. The second-order valence-corrected chi connectivity index (χ2v) is 7.86. The number of nitrogens with one attached hydrogen (secondary N) is 1. The van der Waals surface area contributed by atoms with Gasteiger partial charge in [0.1, 0.15) is 0 Å². The van der Waals surface area contributed by atoms with Crippen LogP contribution >= 0.6 is 0 Å². The van der Waals surface area contributed by atoms with Crippen molar-refractivity contribution in [2.75, 3.05) is 11.5 Å². The molecule has 0 aliphatic carbocycles.